The Morgan fingerprint density at radius 2 is 1.71 bits per heavy atom. The van der Waals surface area contributed by atoms with Crippen LogP contribution in [0, 0.1) is 11.3 Å². The third-order valence-electron chi connectivity index (χ3n) is 2.26. The van der Waals surface area contributed by atoms with E-state index in [1.165, 1.54) is 24.5 Å². The van der Waals surface area contributed by atoms with E-state index < -0.39 is 11.7 Å². The highest BCUT2D eigenvalue weighted by Crippen LogP contribution is 2.31. The minimum absolute atomic E-state index is 0.279. The molecule has 0 atom stereocenters. The average Bonchev–Trinajstić information content (AvgIpc) is 2.76. The summed E-state index contributed by atoms with van der Waals surface area (Å²) >= 11 is 0. The Morgan fingerprint density at radius 3 is 2.24 bits per heavy atom. The summed E-state index contributed by atoms with van der Waals surface area (Å²) < 4.78 is 42.1. The fourth-order valence-corrected chi connectivity index (χ4v) is 1.43. The van der Waals surface area contributed by atoms with Crippen molar-refractivity contribution in [3.05, 3.63) is 47.7 Å². The molecule has 0 aliphatic carbocycles. The van der Waals surface area contributed by atoms with E-state index in [2.05, 4.69) is 0 Å². The van der Waals surface area contributed by atoms with Crippen LogP contribution >= 0.6 is 0 Å². The standard InChI is InChI=1S/C12H6F3NO/c13-12(14,15)10-3-1-8(2-4-10)11-9(7-16)5-6-17-11/h1-6H. The van der Waals surface area contributed by atoms with Gasteiger partial charge in [0.15, 0.2) is 5.76 Å². The Kier molecular flexibility index (Phi) is 2.64. The molecule has 0 amide bonds. The number of hydrogen-bond donors (Lipinski definition) is 0. The molecule has 2 aromatic rings. The number of halogens is 3. The molecule has 86 valence electrons. The maximum absolute atomic E-state index is 12.3. The smallest absolute Gasteiger partial charge is 0.416 e. The molecule has 1 heterocycles. The first kappa shape index (κ1) is 11.3. The summed E-state index contributed by atoms with van der Waals surface area (Å²) in [6, 6.07) is 7.84. The molecular weight excluding hydrogens is 231 g/mol. The lowest BCUT2D eigenvalue weighted by atomic mass is 10.1. The van der Waals surface area contributed by atoms with Crippen molar-refractivity contribution in [2.24, 2.45) is 0 Å². The molecule has 2 nitrogen and oxygen atoms in total. The molecule has 0 radical (unpaired) electrons. The van der Waals surface area contributed by atoms with E-state index in [9.17, 15) is 13.2 Å². The predicted molar refractivity (Wildman–Crippen MR) is 53.9 cm³/mol. The van der Waals surface area contributed by atoms with E-state index in [-0.39, 0.29) is 5.76 Å². The normalized spacial score (nSPS) is 11.2. The molecule has 1 aromatic heterocycles. The molecule has 0 aliphatic heterocycles. The van der Waals surface area contributed by atoms with Gasteiger partial charge in [-0.3, -0.25) is 0 Å². The summed E-state index contributed by atoms with van der Waals surface area (Å²) in [6.07, 6.45) is -3.04. The van der Waals surface area contributed by atoms with Crippen LogP contribution in [0.1, 0.15) is 11.1 Å². The first-order valence-corrected chi connectivity index (χ1v) is 4.67. The minimum Gasteiger partial charge on any atom is -0.463 e. The van der Waals surface area contributed by atoms with Crippen molar-refractivity contribution in [3.8, 4) is 17.4 Å². The molecule has 17 heavy (non-hydrogen) atoms. The summed E-state index contributed by atoms with van der Waals surface area (Å²) in [7, 11) is 0. The predicted octanol–water partition coefficient (Wildman–Crippen LogP) is 3.84. The van der Waals surface area contributed by atoms with Gasteiger partial charge in [-0.15, -0.1) is 0 Å². The van der Waals surface area contributed by atoms with Crippen molar-refractivity contribution >= 4 is 0 Å². The van der Waals surface area contributed by atoms with E-state index in [0.717, 1.165) is 12.1 Å². The van der Waals surface area contributed by atoms with Crippen molar-refractivity contribution in [1.29, 1.82) is 5.26 Å². The molecule has 0 bridgehead atoms. The summed E-state index contributed by atoms with van der Waals surface area (Å²) in [5.41, 5.74) is 0.00984. The van der Waals surface area contributed by atoms with Gasteiger partial charge in [-0.05, 0) is 18.2 Å². The van der Waals surface area contributed by atoms with Crippen LogP contribution in [-0.4, -0.2) is 0 Å². The van der Waals surface area contributed by atoms with Crippen LogP contribution in [0.4, 0.5) is 13.2 Å². The fraction of sp³-hybridized carbons (Fsp3) is 0.0833. The van der Waals surface area contributed by atoms with Crippen molar-refractivity contribution in [2.45, 2.75) is 6.18 Å². The van der Waals surface area contributed by atoms with Gasteiger partial charge in [0, 0.05) is 5.56 Å². The maximum Gasteiger partial charge on any atom is 0.416 e. The molecule has 5 heteroatoms. The number of nitrogens with zero attached hydrogens (tertiary/aromatic N) is 1. The van der Waals surface area contributed by atoms with Crippen molar-refractivity contribution in [3.63, 3.8) is 0 Å². The zero-order valence-corrected chi connectivity index (χ0v) is 8.45. The highest BCUT2D eigenvalue weighted by Gasteiger charge is 2.30. The molecule has 0 saturated carbocycles. The van der Waals surface area contributed by atoms with Gasteiger partial charge >= 0.3 is 6.18 Å². The minimum atomic E-state index is -4.36. The van der Waals surface area contributed by atoms with Crippen LogP contribution in [0.5, 0.6) is 0 Å². The first-order valence-electron chi connectivity index (χ1n) is 4.67. The van der Waals surface area contributed by atoms with Crippen LogP contribution in [0.15, 0.2) is 41.0 Å². The molecule has 1 aromatic carbocycles. The summed E-state index contributed by atoms with van der Waals surface area (Å²) in [5, 5.41) is 8.76. The number of benzene rings is 1. The third-order valence-corrected chi connectivity index (χ3v) is 2.26. The van der Waals surface area contributed by atoms with Gasteiger partial charge in [0.25, 0.3) is 0 Å². The second-order valence-electron chi connectivity index (χ2n) is 3.35. The van der Waals surface area contributed by atoms with Gasteiger partial charge in [0.1, 0.15) is 6.07 Å². The van der Waals surface area contributed by atoms with Gasteiger partial charge in [-0.2, -0.15) is 18.4 Å². The molecular formula is C12H6F3NO. The Morgan fingerprint density at radius 1 is 1.06 bits per heavy atom. The zero-order valence-electron chi connectivity index (χ0n) is 8.45. The highest BCUT2D eigenvalue weighted by molar-refractivity contribution is 5.65. The van der Waals surface area contributed by atoms with Gasteiger partial charge in [0.05, 0.1) is 17.4 Å². The molecule has 0 spiro atoms. The molecule has 0 fully saturated rings. The summed E-state index contributed by atoms with van der Waals surface area (Å²) in [4.78, 5) is 0. The van der Waals surface area contributed by atoms with E-state index in [1.54, 1.807) is 0 Å². The number of rotatable bonds is 1. The van der Waals surface area contributed by atoms with Crippen LogP contribution < -0.4 is 0 Å². The molecule has 2 rings (SSSR count). The van der Waals surface area contributed by atoms with Crippen molar-refractivity contribution in [2.75, 3.05) is 0 Å². The first-order chi connectivity index (χ1) is 8.02. The van der Waals surface area contributed by atoms with Crippen molar-refractivity contribution in [1.82, 2.24) is 0 Å². The van der Waals surface area contributed by atoms with Crippen LogP contribution in [0.3, 0.4) is 0 Å². The zero-order chi connectivity index (χ0) is 12.5. The van der Waals surface area contributed by atoms with Crippen LogP contribution in [0.25, 0.3) is 11.3 Å². The lowest BCUT2D eigenvalue weighted by Crippen LogP contribution is -2.03. The maximum atomic E-state index is 12.3. The van der Waals surface area contributed by atoms with Gasteiger partial charge in [0.2, 0.25) is 0 Å². The van der Waals surface area contributed by atoms with E-state index >= 15 is 0 Å². The largest absolute Gasteiger partial charge is 0.463 e. The summed E-state index contributed by atoms with van der Waals surface area (Å²) in [5.74, 6) is 0.279. The lowest BCUT2D eigenvalue weighted by Gasteiger charge is -2.06. The third kappa shape index (κ3) is 2.16. The molecule has 0 saturated heterocycles. The molecule has 0 N–H and O–H groups in total. The lowest BCUT2D eigenvalue weighted by molar-refractivity contribution is -0.137. The van der Waals surface area contributed by atoms with Crippen LogP contribution in [0.2, 0.25) is 0 Å². The number of furan rings is 1. The summed E-state index contributed by atoms with van der Waals surface area (Å²) in [6.45, 7) is 0. The van der Waals surface area contributed by atoms with Crippen LogP contribution in [-0.2, 0) is 6.18 Å². The number of hydrogen-bond acceptors (Lipinski definition) is 2. The Labute approximate surface area is 94.9 Å². The van der Waals surface area contributed by atoms with Gasteiger partial charge < -0.3 is 4.42 Å². The monoisotopic (exact) mass is 237 g/mol. The van der Waals surface area contributed by atoms with Crippen molar-refractivity contribution < 1.29 is 17.6 Å². The Hall–Kier alpha value is -2.22. The molecule has 0 aliphatic rings. The fourth-order valence-electron chi connectivity index (χ4n) is 1.43. The topological polar surface area (TPSA) is 36.9 Å². The Bertz CT molecular complexity index is 561. The second kappa shape index (κ2) is 3.98. The van der Waals surface area contributed by atoms with Gasteiger partial charge in [-0.25, -0.2) is 0 Å². The number of alkyl halides is 3. The SMILES string of the molecule is N#Cc1ccoc1-c1ccc(C(F)(F)F)cc1. The quantitative estimate of drug-likeness (QED) is 0.755. The van der Waals surface area contributed by atoms with Gasteiger partial charge in [-0.1, -0.05) is 12.1 Å². The van der Waals surface area contributed by atoms with E-state index in [1.807, 2.05) is 6.07 Å². The molecule has 0 unspecified atom stereocenters. The highest BCUT2D eigenvalue weighted by atomic mass is 19.4. The number of nitriles is 1. The average molecular weight is 237 g/mol. The van der Waals surface area contributed by atoms with E-state index in [4.69, 9.17) is 9.68 Å². The Balaban J connectivity index is 2.40. The second-order valence-corrected chi connectivity index (χ2v) is 3.35. The van der Waals surface area contributed by atoms with E-state index in [0.29, 0.717) is 11.1 Å².